The average Bonchev–Trinajstić information content (AvgIpc) is 2.31. The van der Waals surface area contributed by atoms with Crippen LogP contribution < -0.4 is 0 Å². The lowest BCUT2D eigenvalue weighted by Crippen LogP contribution is -2.25. The normalized spacial score (nSPS) is 12.8. The molecule has 0 heterocycles. The standard InChI is InChI=1S/C12H27NO2Si/c1-5-13(6-2)11(7-9-14-3)12(16)8-10-15-4/h5-10H2,1-4,16H3. The van der Waals surface area contributed by atoms with Crippen LogP contribution in [0.3, 0.4) is 0 Å². The average molecular weight is 245 g/mol. The molecule has 3 nitrogen and oxygen atoms in total. The van der Waals surface area contributed by atoms with Crippen LogP contribution >= 0.6 is 0 Å². The first-order chi connectivity index (χ1) is 7.71. The van der Waals surface area contributed by atoms with E-state index in [4.69, 9.17) is 9.47 Å². The van der Waals surface area contributed by atoms with Crippen molar-refractivity contribution in [2.45, 2.75) is 26.7 Å². The van der Waals surface area contributed by atoms with Crippen molar-refractivity contribution in [3.63, 3.8) is 0 Å². The van der Waals surface area contributed by atoms with Crippen LogP contribution in [0.5, 0.6) is 0 Å². The second-order valence-corrected chi connectivity index (χ2v) is 5.09. The zero-order valence-corrected chi connectivity index (χ0v) is 13.5. The summed E-state index contributed by atoms with van der Waals surface area (Å²) in [4.78, 5) is 2.44. The number of hydrogen-bond acceptors (Lipinski definition) is 3. The zero-order chi connectivity index (χ0) is 12.4. The lowest BCUT2D eigenvalue weighted by Gasteiger charge is -2.27. The van der Waals surface area contributed by atoms with Crippen LogP contribution in [0.4, 0.5) is 0 Å². The van der Waals surface area contributed by atoms with E-state index in [1.165, 1.54) is 5.70 Å². The van der Waals surface area contributed by atoms with Gasteiger partial charge in [-0.3, -0.25) is 0 Å². The van der Waals surface area contributed by atoms with Gasteiger partial charge >= 0.3 is 0 Å². The monoisotopic (exact) mass is 245 g/mol. The van der Waals surface area contributed by atoms with E-state index in [1.807, 2.05) is 0 Å². The topological polar surface area (TPSA) is 21.7 Å². The molecule has 0 spiro atoms. The molecule has 0 fully saturated rings. The molecule has 0 N–H and O–H groups in total. The minimum atomic E-state index is 0.810. The van der Waals surface area contributed by atoms with E-state index in [-0.39, 0.29) is 0 Å². The van der Waals surface area contributed by atoms with Crippen molar-refractivity contribution in [1.82, 2.24) is 4.90 Å². The second kappa shape index (κ2) is 9.87. The molecule has 0 unspecified atom stereocenters. The highest BCUT2D eigenvalue weighted by atomic mass is 28.1. The van der Waals surface area contributed by atoms with Crippen molar-refractivity contribution >= 4 is 10.2 Å². The SMILES string of the molecule is CCN(CC)C(CCOC)=C([SiH3])CCOC. The highest BCUT2D eigenvalue weighted by molar-refractivity contribution is 6.22. The fourth-order valence-corrected chi connectivity index (χ4v) is 2.62. The highest BCUT2D eigenvalue weighted by Gasteiger charge is 2.09. The smallest absolute Gasteiger partial charge is 0.0516 e. The molecule has 0 saturated carbocycles. The number of ether oxygens (including phenoxy) is 2. The number of hydrogen-bond donors (Lipinski definition) is 0. The van der Waals surface area contributed by atoms with Gasteiger partial charge in [-0.25, -0.2) is 0 Å². The van der Waals surface area contributed by atoms with Crippen molar-refractivity contribution in [2.24, 2.45) is 0 Å². The summed E-state index contributed by atoms with van der Waals surface area (Å²) in [5, 5.41) is 1.56. The van der Waals surface area contributed by atoms with Crippen molar-refractivity contribution in [3.8, 4) is 0 Å². The van der Waals surface area contributed by atoms with Crippen LogP contribution in [0, 0.1) is 0 Å². The van der Waals surface area contributed by atoms with Gasteiger partial charge in [-0.15, -0.1) is 0 Å². The molecule has 4 heteroatoms. The Morgan fingerprint density at radius 2 is 1.50 bits per heavy atom. The fraction of sp³-hybridized carbons (Fsp3) is 0.833. The molecule has 0 amide bonds. The van der Waals surface area contributed by atoms with Crippen LogP contribution in [-0.2, 0) is 9.47 Å². The van der Waals surface area contributed by atoms with Crippen molar-refractivity contribution in [1.29, 1.82) is 0 Å². The molecular formula is C12H27NO2Si. The first kappa shape index (κ1) is 15.7. The van der Waals surface area contributed by atoms with Crippen LogP contribution in [0.2, 0.25) is 0 Å². The predicted octanol–water partition coefficient (Wildman–Crippen LogP) is 0.978. The van der Waals surface area contributed by atoms with Crippen LogP contribution in [0.25, 0.3) is 0 Å². The van der Waals surface area contributed by atoms with Crippen molar-refractivity contribution < 1.29 is 9.47 Å². The zero-order valence-electron chi connectivity index (χ0n) is 11.5. The van der Waals surface area contributed by atoms with Gasteiger partial charge in [-0.2, -0.15) is 0 Å². The third-order valence-corrected chi connectivity index (χ3v) is 3.94. The summed E-state index contributed by atoms with van der Waals surface area (Å²) in [5.41, 5.74) is 1.48. The molecule has 0 bridgehead atoms. The molecule has 96 valence electrons. The second-order valence-electron chi connectivity index (χ2n) is 3.88. The molecule has 0 aromatic heterocycles. The Hall–Kier alpha value is -0.323. The van der Waals surface area contributed by atoms with Crippen LogP contribution in [-0.4, -0.2) is 55.7 Å². The van der Waals surface area contributed by atoms with E-state index in [9.17, 15) is 0 Å². The van der Waals surface area contributed by atoms with E-state index in [1.54, 1.807) is 19.4 Å². The van der Waals surface area contributed by atoms with E-state index < -0.39 is 0 Å². The quantitative estimate of drug-likeness (QED) is 0.565. The van der Waals surface area contributed by atoms with Gasteiger partial charge in [0, 0.05) is 56.3 Å². The third kappa shape index (κ3) is 5.68. The Kier molecular flexibility index (Phi) is 9.67. The van der Waals surface area contributed by atoms with Gasteiger partial charge in [0.2, 0.25) is 0 Å². The lowest BCUT2D eigenvalue weighted by molar-refractivity contribution is 0.189. The summed E-state index contributed by atoms with van der Waals surface area (Å²) in [5.74, 6) is 0. The van der Waals surface area contributed by atoms with Gasteiger partial charge in [-0.1, -0.05) is 5.20 Å². The summed E-state index contributed by atoms with van der Waals surface area (Å²) in [6.07, 6.45) is 2.10. The molecule has 0 rings (SSSR count). The molecule has 16 heavy (non-hydrogen) atoms. The predicted molar refractivity (Wildman–Crippen MR) is 72.9 cm³/mol. The maximum Gasteiger partial charge on any atom is 0.0516 e. The van der Waals surface area contributed by atoms with Gasteiger partial charge in [0.25, 0.3) is 0 Å². The number of nitrogens with zero attached hydrogens (tertiary/aromatic N) is 1. The van der Waals surface area contributed by atoms with E-state index in [0.717, 1.165) is 49.4 Å². The largest absolute Gasteiger partial charge is 0.384 e. The van der Waals surface area contributed by atoms with Gasteiger partial charge in [0.15, 0.2) is 0 Å². The molecule has 0 aromatic carbocycles. The maximum atomic E-state index is 5.19. The summed E-state index contributed by atoms with van der Waals surface area (Å²) in [6, 6.07) is 0. The summed E-state index contributed by atoms with van der Waals surface area (Å²) in [7, 11) is 4.64. The minimum absolute atomic E-state index is 0.810. The first-order valence-corrected chi connectivity index (χ1v) is 7.12. The Morgan fingerprint density at radius 3 is 1.94 bits per heavy atom. The Morgan fingerprint density at radius 1 is 1.00 bits per heavy atom. The molecule has 0 aliphatic rings. The molecule has 0 aromatic rings. The first-order valence-electron chi connectivity index (χ1n) is 6.12. The van der Waals surface area contributed by atoms with Crippen molar-refractivity contribution in [3.05, 3.63) is 10.9 Å². The molecular weight excluding hydrogens is 218 g/mol. The van der Waals surface area contributed by atoms with Crippen LogP contribution in [0.1, 0.15) is 26.7 Å². The van der Waals surface area contributed by atoms with E-state index in [0.29, 0.717) is 0 Å². The Labute approximate surface area is 103 Å². The van der Waals surface area contributed by atoms with Gasteiger partial charge in [-0.05, 0) is 20.3 Å². The molecule has 0 atom stereocenters. The number of methoxy groups -OCH3 is 2. The molecule has 0 radical (unpaired) electrons. The third-order valence-electron chi connectivity index (χ3n) is 2.86. The lowest BCUT2D eigenvalue weighted by atomic mass is 10.2. The van der Waals surface area contributed by atoms with Gasteiger partial charge in [0.1, 0.15) is 0 Å². The van der Waals surface area contributed by atoms with Gasteiger partial charge in [0.05, 0.1) is 6.61 Å². The summed E-state index contributed by atoms with van der Waals surface area (Å²) < 4.78 is 10.3. The summed E-state index contributed by atoms with van der Waals surface area (Å²) in [6.45, 7) is 8.21. The fourth-order valence-electron chi connectivity index (χ4n) is 1.84. The Bertz CT molecular complexity index is 203. The minimum Gasteiger partial charge on any atom is -0.384 e. The van der Waals surface area contributed by atoms with Gasteiger partial charge < -0.3 is 14.4 Å². The highest BCUT2D eigenvalue weighted by Crippen LogP contribution is 2.15. The number of rotatable bonds is 9. The Balaban J connectivity index is 4.59. The molecule has 0 saturated heterocycles. The summed E-state index contributed by atoms with van der Waals surface area (Å²) >= 11 is 0. The van der Waals surface area contributed by atoms with E-state index >= 15 is 0 Å². The maximum absolute atomic E-state index is 5.19. The van der Waals surface area contributed by atoms with Crippen molar-refractivity contribution in [2.75, 3.05) is 40.5 Å². The molecule has 0 aliphatic carbocycles. The van der Waals surface area contributed by atoms with Crippen LogP contribution in [0.15, 0.2) is 10.9 Å². The van der Waals surface area contributed by atoms with E-state index in [2.05, 4.69) is 18.7 Å². The molecule has 0 aliphatic heterocycles.